The van der Waals surface area contributed by atoms with Gasteiger partial charge in [-0.05, 0) is 110 Å². The Balaban J connectivity index is 1.80. The van der Waals surface area contributed by atoms with Crippen molar-refractivity contribution in [3.8, 4) is 44.5 Å². The second kappa shape index (κ2) is 7.67. The van der Waals surface area contributed by atoms with Gasteiger partial charge in [0.1, 0.15) is 0 Å². The van der Waals surface area contributed by atoms with Crippen LogP contribution in [0.4, 0.5) is 0 Å². The lowest BCUT2D eigenvalue weighted by molar-refractivity contribution is 1.45. The zero-order valence-electron chi connectivity index (χ0n) is 21.2. The summed E-state index contributed by atoms with van der Waals surface area (Å²) in [6.07, 6.45) is 0. The molecule has 0 radical (unpaired) electrons. The van der Waals surface area contributed by atoms with Gasteiger partial charge in [-0.25, -0.2) is 0 Å². The molecule has 0 heteroatoms. The lowest BCUT2D eigenvalue weighted by atomic mass is 9.80. The van der Waals surface area contributed by atoms with Crippen molar-refractivity contribution in [3.05, 3.63) is 119 Å². The summed E-state index contributed by atoms with van der Waals surface area (Å²) in [5.41, 5.74) is 16.1. The molecule has 1 aliphatic carbocycles. The van der Waals surface area contributed by atoms with Crippen molar-refractivity contribution < 1.29 is 0 Å². The first-order valence-corrected chi connectivity index (χ1v) is 12.8. The van der Waals surface area contributed by atoms with Crippen LogP contribution in [0.5, 0.6) is 0 Å². The standard InChI is InChI=1S/C36H28/c1-21-16-18-28-31(20-21)34(27-13-8-6-11-23(27)3)35-29-15-9-14-25-24(4)17-19-30(32(25)29)36(35)33(28)26-12-7-5-10-22(26)2/h5-20H,1-4H3. The number of hydrogen-bond acceptors (Lipinski definition) is 0. The van der Waals surface area contributed by atoms with Gasteiger partial charge in [-0.3, -0.25) is 0 Å². The highest BCUT2D eigenvalue weighted by molar-refractivity contribution is 6.28. The minimum absolute atomic E-state index is 1.29. The van der Waals surface area contributed by atoms with E-state index >= 15 is 0 Å². The molecule has 0 atom stereocenters. The van der Waals surface area contributed by atoms with Gasteiger partial charge >= 0.3 is 0 Å². The highest BCUT2D eigenvalue weighted by Crippen LogP contribution is 2.58. The molecule has 0 heterocycles. The fraction of sp³-hybridized carbons (Fsp3) is 0.111. The van der Waals surface area contributed by atoms with Gasteiger partial charge in [-0.15, -0.1) is 0 Å². The molecule has 0 unspecified atom stereocenters. The molecular weight excluding hydrogens is 432 g/mol. The van der Waals surface area contributed by atoms with Crippen molar-refractivity contribution in [2.75, 3.05) is 0 Å². The van der Waals surface area contributed by atoms with E-state index in [0.717, 1.165) is 0 Å². The van der Waals surface area contributed by atoms with E-state index in [1.165, 1.54) is 88.3 Å². The average molecular weight is 461 g/mol. The van der Waals surface area contributed by atoms with Gasteiger partial charge in [-0.2, -0.15) is 0 Å². The number of aryl methyl sites for hydroxylation is 4. The Labute approximate surface area is 212 Å². The third-order valence-corrected chi connectivity index (χ3v) is 8.09. The third kappa shape index (κ3) is 2.82. The Morgan fingerprint density at radius 1 is 0.361 bits per heavy atom. The summed E-state index contributed by atoms with van der Waals surface area (Å²) in [5, 5.41) is 5.41. The molecule has 6 aromatic carbocycles. The van der Waals surface area contributed by atoms with E-state index in [0.29, 0.717) is 0 Å². The van der Waals surface area contributed by atoms with Crippen LogP contribution in [0.2, 0.25) is 0 Å². The molecule has 0 saturated heterocycles. The van der Waals surface area contributed by atoms with E-state index in [2.05, 4.69) is 125 Å². The third-order valence-electron chi connectivity index (χ3n) is 8.09. The van der Waals surface area contributed by atoms with Crippen LogP contribution in [0.1, 0.15) is 22.3 Å². The maximum Gasteiger partial charge on any atom is -0.000731 e. The Bertz CT molecular complexity index is 1870. The quantitative estimate of drug-likeness (QED) is 0.241. The molecular formula is C36H28. The summed E-state index contributed by atoms with van der Waals surface area (Å²) in [5.74, 6) is 0. The van der Waals surface area contributed by atoms with E-state index in [1.807, 2.05) is 0 Å². The zero-order valence-corrected chi connectivity index (χ0v) is 21.2. The van der Waals surface area contributed by atoms with Crippen LogP contribution in [-0.2, 0) is 0 Å². The summed E-state index contributed by atoms with van der Waals surface area (Å²) in [7, 11) is 0. The van der Waals surface area contributed by atoms with Crippen LogP contribution in [-0.4, -0.2) is 0 Å². The van der Waals surface area contributed by atoms with Crippen molar-refractivity contribution in [1.82, 2.24) is 0 Å². The Kier molecular flexibility index (Phi) is 4.51. The molecule has 0 fully saturated rings. The first kappa shape index (κ1) is 21.1. The average Bonchev–Trinajstić information content (AvgIpc) is 3.21. The van der Waals surface area contributed by atoms with E-state index in [1.54, 1.807) is 0 Å². The molecule has 0 amide bonds. The van der Waals surface area contributed by atoms with Crippen LogP contribution in [0.25, 0.3) is 66.1 Å². The van der Waals surface area contributed by atoms with Crippen LogP contribution in [0.15, 0.2) is 97.1 Å². The molecule has 6 aromatic rings. The van der Waals surface area contributed by atoms with E-state index < -0.39 is 0 Å². The summed E-state index contributed by atoms with van der Waals surface area (Å²) in [6, 6.07) is 36.3. The molecule has 0 spiro atoms. The van der Waals surface area contributed by atoms with Crippen molar-refractivity contribution in [2.24, 2.45) is 0 Å². The SMILES string of the molecule is Cc1ccc2c(-c3ccccc3C)c3c(c(-c4ccccc4C)c2c1)-c1cccc2c(C)ccc-3c12. The summed E-state index contributed by atoms with van der Waals surface area (Å²) in [4.78, 5) is 0. The summed E-state index contributed by atoms with van der Waals surface area (Å²) >= 11 is 0. The van der Waals surface area contributed by atoms with Crippen molar-refractivity contribution in [1.29, 1.82) is 0 Å². The smallest absolute Gasteiger partial charge is 0.000731 e. The molecule has 0 bridgehead atoms. The molecule has 0 saturated carbocycles. The van der Waals surface area contributed by atoms with Gasteiger partial charge in [0.05, 0.1) is 0 Å². The van der Waals surface area contributed by atoms with E-state index in [-0.39, 0.29) is 0 Å². The molecule has 0 nitrogen and oxygen atoms in total. The second-order valence-corrected chi connectivity index (χ2v) is 10.3. The van der Waals surface area contributed by atoms with Gasteiger partial charge in [0.2, 0.25) is 0 Å². The molecule has 36 heavy (non-hydrogen) atoms. The van der Waals surface area contributed by atoms with Crippen molar-refractivity contribution in [3.63, 3.8) is 0 Å². The number of hydrogen-bond donors (Lipinski definition) is 0. The van der Waals surface area contributed by atoms with Gasteiger partial charge in [0, 0.05) is 0 Å². The van der Waals surface area contributed by atoms with Crippen molar-refractivity contribution >= 4 is 21.5 Å². The lowest BCUT2D eigenvalue weighted by Gasteiger charge is -2.22. The van der Waals surface area contributed by atoms with Gasteiger partial charge < -0.3 is 0 Å². The highest BCUT2D eigenvalue weighted by Gasteiger charge is 2.31. The lowest BCUT2D eigenvalue weighted by Crippen LogP contribution is -1.96. The minimum Gasteiger partial charge on any atom is -0.0620 e. The van der Waals surface area contributed by atoms with Crippen molar-refractivity contribution in [2.45, 2.75) is 27.7 Å². The molecule has 7 rings (SSSR count). The zero-order chi connectivity index (χ0) is 24.6. The normalized spacial score (nSPS) is 11.9. The van der Waals surface area contributed by atoms with Gasteiger partial charge in [0.15, 0.2) is 0 Å². The topological polar surface area (TPSA) is 0 Å². The van der Waals surface area contributed by atoms with Crippen LogP contribution >= 0.6 is 0 Å². The molecule has 0 aliphatic heterocycles. The maximum absolute atomic E-state index is 2.40. The van der Waals surface area contributed by atoms with E-state index in [4.69, 9.17) is 0 Å². The van der Waals surface area contributed by atoms with Crippen LogP contribution in [0, 0.1) is 27.7 Å². The molecule has 1 aliphatic rings. The number of fused-ring (bicyclic) bond motifs is 4. The van der Waals surface area contributed by atoms with Crippen LogP contribution < -0.4 is 0 Å². The summed E-state index contributed by atoms with van der Waals surface area (Å²) < 4.78 is 0. The highest BCUT2D eigenvalue weighted by atomic mass is 14.3. The first-order valence-electron chi connectivity index (χ1n) is 12.8. The Morgan fingerprint density at radius 3 is 1.61 bits per heavy atom. The largest absolute Gasteiger partial charge is 0.0620 e. The molecule has 0 N–H and O–H groups in total. The predicted molar refractivity (Wildman–Crippen MR) is 156 cm³/mol. The predicted octanol–water partition coefficient (Wildman–Crippen LogP) is 10.2. The fourth-order valence-electron chi connectivity index (χ4n) is 6.38. The number of rotatable bonds is 2. The number of benzene rings is 6. The van der Waals surface area contributed by atoms with Gasteiger partial charge in [0.25, 0.3) is 0 Å². The van der Waals surface area contributed by atoms with Crippen LogP contribution in [0.3, 0.4) is 0 Å². The fourth-order valence-corrected chi connectivity index (χ4v) is 6.38. The Hall–Kier alpha value is -4.16. The minimum atomic E-state index is 1.29. The van der Waals surface area contributed by atoms with E-state index in [9.17, 15) is 0 Å². The monoisotopic (exact) mass is 460 g/mol. The Morgan fingerprint density at radius 2 is 0.944 bits per heavy atom. The molecule has 0 aromatic heterocycles. The molecule has 172 valence electrons. The second-order valence-electron chi connectivity index (χ2n) is 10.3. The van der Waals surface area contributed by atoms with Gasteiger partial charge in [-0.1, -0.05) is 103 Å². The summed E-state index contributed by atoms with van der Waals surface area (Å²) in [6.45, 7) is 8.92. The first-order chi connectivity index (χ1) is 17.5. The maximum atomic E-state index is 2.40.